The molecule has 1 aromatic carbocycles. The Balaban J connectivity index is 1.66. The van der Waals surface area contributed by atoms with Crippen molar-refractivity contribution in [2.45, 2.75) is 25.4 Å². The van der Waals surface area contributed by atoms with E-state index in [1.54, 1.807) is 24.3 Å². The lowest BCUT2D eigenvalue weighted by Crippen LogP contribution is -2.27. The van der Waals surface area contributed by atoms with Gasteiger partial charge in [0.1, 0.15) is 11.9 Å². The van der Waals surface area contributed by atoms with E-state index in [0.29, 0.717) is 29.2 Å². The Hall–Kier alpha value is -1.35. The number of halogens is 1. The van der Waals surface area contributed by atoms with Gasteiger partial charge in [0.15, 0.2) is 0 Å². The summed E-state index contributed by atoms with van der Waals surface area (Å²) in [5.74, 6) is 0.368. The summed E-state index contributed by atoms with van der Waals surface area (Å²) >= 11 is 5.76. The molecule has 3 rings (SSSR count). The zero-order valence-electron chi connectivity index (χ0n) is 9.77. The molecule has 0 amide bonds. The summed E-state index contributed by atoms with van der Waals surface area (Å²) in [6.07, 6.45) is 2.07. The van der Waals surface area contributed by atoms with E-state index in [1.165, 1.54) is 0 Å². The number of rotatable bonds is 2. The minimum Gasteiger partial charge on any atom is -0.458 e. The molecule has 18 heavy (non-hydrogen) atoms. The average molecular weight is 265 g/mol. The minimum absolute atomic E-state index is 0.0871. The molecule has 2 saturated carbocycles. The first-order valence-corrected chi connectivity index (χ1v) is 6.50. The summed E-state index contributed by atoms with van der Waals surface area (Å²) in [5, 5.41) is 0.595. The molecule has 2 aliphatic carbocycles. The van der Waals surface area contributed by atoms with Crippen LogP contribution in [0.4, 0.5) is 0 Å². The van der Waals surface area contributed by atoms with Gasteiger partial charge in [0.25, 0.3) is 0 Å². The predicted octanol–water partition coefficient (Wildman–Crippen LogP) is 2.86. The Kier molecular flexibility index (Phi) is 2.86. The summed E-state index contributed by atoms with van der Waals surface area (Å²) in [4.78, 5) is 23.3. The molecule has 0 aliphatic heterocycles. The van der Waals surface area contributed by atoms with Gasteiger partial charge in [0.05, 0.1) is 5.56 Å². The summed E-state index contributed by atoms with van der Waals surface area (Å²) in [6.45, 7) is 0. The molecule has 3 nitrogen and oxygen atoms in total. The fourth-order valence-electron chi connectivity index (χ4n) is 2.92. The van der Waals surface area contributed by atoms with Crippen LogP contribution in [0.2, 0.25) is 5.02 Å². The third-order valence-corrected chi connectivity index (χ3v) is 4.14. The zero-order valence-corrected chi connectivity index (χ0v) is 10.5. The topological polar surface area (TPSA) is 43.4 Å². The number of benzene rings is 1. The summed E-state index contributed by atoms with van der Waals surface area (Å²) in [5.41, 5.74) is 0.508. The number of carbonyl (C=O) groups is 2. The molecule has 4 heteroatoms. The highest BCUT2D eigenvalue weighted by molar-refractivity contribution is 6.30. The van der Waals surface area contributed by atoms with E-state index in [4.69, 9.17) is 16.3 Å². The van der Waals surface area contributed by atoms with Crippen LogP contribution in [0.5, 0.6) is 0 Å². The summed E-state index contributed by atoms with van der Waals surface area (Å²) in [7, 11) is 0. The third-order valence-electron chi connectivity index (χ3n) is 3.89. The van der Waals surface area contributed by atoms with E-state index < -0.39 is 0 Å². The number of carbonyl (C=O) groups excluding carboxylic acids is 2. The highest BCUT2D eigenvalue weighted by Gasteiger charge is 2.46. The van der Waals surface area contributed by atoms with Crippen LogP contribution in [-0.2, 0) is 9.53 Å². The molecule has 3 atom stereocenters. The van der Waals surface area contributed by atoms with Crippen molar-refractivity contribution < 1.29 is 14.3 Å². The molecule has 94 valence electrons. The molecule has 0 heterocycles. The second kappa shape index (κ2) is 4.39. The normalized spacial score (nSPS) is 29.6. The van der Waals surface area contributed by atoms with Crippen molar-refractivity contribution in [1.29, 1.82) is 0 Å². The van der Waals surface area contributed by atoms with Crippen LogP contribution < -0.4 is 0 Å². The van der Waals surface area contributed by atoms with E-state index in [0.717, 1.165) is 6.42 Å². The lowest BCUT2D eigenvalue weighted by molar-refractivity contribution is -0.123. The predicted molar refractivity (Wildman–Crippen MR) is 66.5 cm³/mol. The lowest BCUT2D eigenvalue weighted by Gasteiger charge is -2.21. The fourth-order valence-corrected chi connectivity index (χ4v) is 3.05. The molecular weight excluding hydrogens is 252 g/mol. The number of ketones is 1. The van der Waals surface area contributed by atoms with Crippen molar-refractivity contribution in [1.82, 2.24) is 0 Å². The number of ether oxygens (including phenoxy) is 1. The first kappa shape index (κ1) is 11.7. The number of Topliss-reactive ketones (excluding diaryl/α,β-unsaturated/α-hetero) is 1. The van der Waals surface area contributed by atoms with Gasteiger partial charge in [-0.1, -0.05) is 11.6 Å². The molecular formula is C14H13ClO3. The maximum atomic E-state index is 11.9. The van der Waals surface area contributed by atoms with Gasteiger partial charge in [-0.3, -0.25) is 4.79 Å². The van der Waals surface area contributed by atoms with E-state index in [1.807, 2.05) is 0 Å². The SMILES string of the molecule is O=C(O[C@@H]1C[C@H]2C[C@@H]1CC2=O)c1ccc(Cl)cc1. The monoisotopic (exact) mass is 264 g/mol. The third kappa shape index (κ3) is 2.03. The van der Waals surface area contributed by atoms with Crippen LogP contribution >= 0.6 is 11.6 Å². The zero-order chi connectivity index (χ0) is 12.7. The quantitative estimate of drug-likeness (QED) is 0.772. The van der Waals surface area contributed by atoms with Crippen LogP contribution in [0.3, 0.4) is 0 Å². The van der Waals surface area contributed by atoms with E-state index >= 15 is 0 Å². The van der Waals surface area contributed by atoms with Crippen molar-refractivity contribution in [3.63, 3.8) is 0 Å². The van der Waals surface area contributed by atoms with Gasteiger partial charge >= 0.3 is 5.97 Å². The number of esters is 1. The maximum Gasteiger partial charge on any atom is 0.338 e. The summed E-state index contributed by atoms with van der Waals surface area (Å²) in [6, 6.07) is 6.65. The van der Waals surface area contributed by atoms with Gasteiger partial charge in [-0.2, -0.15) is 0 Å². The highest BCUT2D eigenvalue weighted by atomic mass is 35.5. The Labute approximate surface area is 110 Å². The maximum absolute atomic E-state index is 11.9. The van der Waals surface area contributed by atoms with Crippen LogP contribution in [-0.4, -0.2) is 17.9 Å². The van der Waals surface area contributed by atoms with Crippen molar-refractivity contribution in [2.24, 2.45) is 11.8 Å². The average Bonchev–Trinajstić information content (AvgIpc) is 2.88. The first-order valence-electron chi connectivity index (χ1n) is 6.13. The molecule has 1 aromatic rings. The second-order valence-electron chi connectivity index (χ2n) is 5.05. The number of hydrogen-bond donors (Lipinski definition) is 0. The molecule has 0 spiro atoms. The molecule has 0 radical (unpaired) electrons. The molecule has 2 bridgehead atoms. The van der Waals surface area contributed by atoms with Gasteiger partial charge in [-0.05, 0) is 37.1 Å². The number of hydrogen-bond acceptors (Lipinski definition) is 3. The largest absolute Gasteiger partial charge is 0.458 e. The molecule has 2 fully saturated rings. The van der Waals surface area contributed by atoms with Gasteiger partial charge in [0, 0.05) is 23.3 Å². The highest BCUT2D eigenvalue weighted by Crippen LogP contribution is 2.43. The van der Waals surface area contributed by atoms with Gasteiger partial charge in [-0.15, -0.1) is 0 Å². The Morgan fingerprint density at radius 3 is 2.50 bits per heavy atom. The van der Waals surface area contributed by atoms with Gasteiger partial charge < -0.3 is 4.74 Å². The van der Waals surface area contributed by atoms with Gasteiger partial charge in [0.2, 0.25) is 0 Å². The molecule has 0 aromatic heterocycles. The molecule has 0 N–H and O–H groups in total. The van der Waals surface area contributed by atoms with Crippen molar-refractivity contribution in [2.75, 3.05) is 0 Å². The molecule has 2 aliphatic rings. The van der Waals surface area contributed by atoms with Crippen LogP contribution in [0.25, 0.3) is 0 Å². The molecule has 0 unspecified atom stereocenters. The standard InChI is InChI=1S/C14H13ClO3/c15-11-3-1-8(2-4-11)14(17)18-13-7-9-5-10(13)6-12(9)16/h1-4,9-10,13H,5-7H2/t9-,10-,13-/m1/s1. The van der Waals surface area contributed by atoms with E-state index in [2.05, 4.69) is 0 Å². The smallest absolute Gasteiger partial charge is 0.338 e. The van der Waals surface area contributed by atoms with Crippen molar-refractivity contribution in [3.8, 4) is 0 Å². The van der Waals surface area contributed by atoms with Gasteiger partial charge in [-0.25, -0.2) is 4.79 Å². The number of fused-ring (bicyclic) bond motifs is 2. The van der Waals surface area contributed by atoms with Crippen molar-refractivity contribution >= 4 is 23.4 Å². The van der Waals surface area contributed by atoms with E-state index in [-0.39, 0.29) is 23.9 Å². The van der Waals surface area contributed by atoms with Crippen LogP contribution in [0.1, 0.15) is 29.6 Å². The van der Waals surface area contributed by atoms with Crippen LogP contribution in [0, 0.1) is 11.8 Å². The van der Waals surface area contributed by atoms with E-state index in [9.17, 15) is 9.59 Å². The van der Waals surface area contributed by atoms with Crippen LogP contribution in [0.15, 0.2) is 24.3 Å². The fraction of sp³-hybridized carbons (Fsp3) is 0.429. The summed E-state index contributed by atoms with van der Waals surface area (Å²) < 4.78 is 5.49. The Bertz CT molecular complexity index is 494. The minimum atomic E-state index is -0.323. The second-order valence-corrected chi connectivity index (χ2v) is 5.49. The Morgan fingerprint density at radius 1 is 1.22 bits per heavy atom. The first-order chi connectivity index (χ1) is 8.63. The molecule has 0 saturated heterocycles. The van der Waals surface area contributed by atoms with Crippen molar-refractivity contribution in [3.05, 3.63) is 34.9 Å². The Morgan fingerprint density at radius 2 is 1.94 bits per heavy atom. The lowest BCUT2D eigenvalue weighted by atomic mass is 9.96.